The molecular weight excluding hydrogens is 440 g/mol. The number of aliphatic carboxylic acids is 1. The molecule has 0 saturated heterocycles. The topological polar surface area (TPSA) is 162 Å². The molecule has 3 aromatic rings. The second kappa shape index (κ2) is 11.0. The normalized spacial score (nSPS) is 11.4. The first-order valence-corrected chi connectivity index (χ1v) is 11.3. The number of hydrogen-bond acceptors (Lipinski definition) is 9. The fourth-order valence-corrected chi connectivity index (χ4v) is 3.45. The molecular formula is C23H30N6O5. The second-order valence-corrected chi connectivity index (χ2v) is 8.41. The lowest BCUT2D eigenvalue weighted by Crippen LogP contribution is -2.14. The van der Waals surface area contributed by atoms with Crippen LogP contribution in [0.1, 0.15) is 65.0 Å². The van der Waals surface area contributed by atoms with Gasteiger partial charge in [-0.05, 0) is 49.8 Å². The predicted molar refractivity (Wildman–Crippen MR) is 125 cm³/mol. The van der Waals surface area contributed by atoms with Crippen LogP contribution in [0.25, 0.3) is 22.6 Å². The van der Waals surface area contributed by atoms with Gasteiger partial charge in [0.1, 0.15) is 22.3 Å². The third-order valence-corrected chi connectivity index (χ3v) is 5.06. The molecule has 0 atom stereocenters. The molecule has 182 valence electrons. The minimum absolute atomic E-state index is 0.118. The molecule has 0 aliphatic rings. The lowest BCUT2D eigenvalue weighted by molar-refractivity contribution is -0.137. The van der Waals surface area contributed by atoms with Gasteiger partial charge in [0.2, 0.25) is 0 Å². The van der Waals surface area contributed by atoms with Crippen LogP contribution >= 0.6 is 0 Å². The van der Waals surface area contributed by atoms with Gasteiger partial charge in [0.05, 0.1) is 12.8 Å². The first-order chi connectivity index (χ1) is 16.2. The SMILES string of the molecule is CCn1c(-c2nonc2N)nc2c(C#CC(C)(C)O)ncc(OCCCCCCCC(=O)O)c21. The number of carboxylic acids is 1. The first kappa shape index (κ1) is 25.0. The second-order valence-electron chi connectivity index (χ2n) is 8.41. The highest BCUT2D eigenvalue weighted by molar-refractivity contribution is 5.89. The summed E-state index contributed by atoms with van der Waals surface area (Å²) in [4.78, 5) is 19.7. The number of pyridine rings is 1. The van der Waals surface area contributed by atoms with Crippen molar-refractivity contribution < 1.29 is 24.4 Å². The van der Waals surface area contributed by atoms with E-state index in [2.05, 4.69) is 32.1 Å². The molecule has 0 bridgehead atoms. The molecule has 3 heterocycles. The third-order valence-electron chi connectivity index (χ3n) is 5.06. The number of ether oxygens (including phenoxy) is 1. The van der Waals surface area contributed by atoms with Crippen LogP contribution in [0.15, 0.2) is 10.8 Å². The van der Waals surface area contributed by atoms with Crippen LogP contribution in [-0.2, 0) is 11.3 Å². The van der Waals surface area contributed by atoms with Gasteiger partial charge in [0, 0.05) is 13.0 Å². The molecule has 34 heavy (non-hydrogen) atoms. The maximum atomic E-state index is 10.6. The van der Waals surface area contributed by atoms with E-state index in [0.29, 0.717) is 53.6 Å². The minimum atomic E-state index is -1.19. The Bertz CT molecular complexity index is 1200. The van der Waals surface area contributed by atoms with Crippen LogP contribution in [-0.4, -0.2) is 53.2 Å². The van der Waals surface area contributed by atoms with Crippen molar-refractivity contribution in [3.8, 4) is 29.1 Å². The number of aromatic nitrogens is 5. The Balaban J connectivity index is 1.87. The molecule has 3 rings (SSSR count). The van der Waals surface area contributed by atoms with Crippen molar-refractivity contribution in [1.29, 1.82) is 0 Å². The number of fused-ring (bicyclic) bond motifs is 1. The summed E-state index contributed by atoms with van der Waals surface area (Å²) in [5.41, 5.74) is 6.62. The average Bonchev–Trinajstić information content (AvgIpc) is 3.37. The summed E-state index contributed by atoms with van der Waals surface area (Å²) in [7, 11) is 0. The predicted octanol–water partition coefficient (Wildman–Crippen LogP) is 3.01. The Morgan fingerprint density at radius 1 is 1.24 bits per heavy atom. The monoisotopic (exact) mass is 470 g/mol. The number of anilines is 1. The number of rotatable bonds is 11. The van der Waals surface area contributed by atoms with Gasteiger partial charge in [-0.1, -0.05) is 25.2 Å². The van der Waals surface area contributed by atoms with Crippen molar-refractivity contribution in [2.75, 3.05) is 12.3 Å². The number of nitrogens with two attached hydrogens (primary N) is 1. The number of unbranched alkanes of at least 4 members (excludes halogenated alkanes) is 4. The molecule has 0 aromatic carbocycles. The van der Waals surface area contributed by atoms with E-state index in [-0.39, 0.29) is 12.2 Å². The summed E-state index contributed by atoms with van der Waals surface area (Å²) in [6.07, 6.45) is 6.08. The number of aryl methyl sites for hydroxylation is 1. The van der Waals surface area contributed by atoms with Crippen molar-refractivity contribution in [3.63, 3.8) is 0 Å². The molecule has 4 N–H and O–H groups in total. The zero-order valence-electron chi connectivity index (χ0n) is 19.7. The Hall–Kier alpha value is -3.65. The summed E-state index contributed by atoms with van der Waals surface area (Å²) in [5, 5.41) is 26.3. The number of carboxylic acid groups (broad SMARTS) is 1. The fraction of sp³-hybridized carbons (Fsp3) is 0.522. The van der Waals surface area contributed by atoms with E-state index in [1.807, 2.05) is 11.5 Å². The molecule has 0 aliphatic heterocycles. The average molecular weight is 471 g/mol. The van der Waals surface area contributed by atoms with Gasteiger partial charge in [0.25, 0.3) is 0 Å². The molecule has 0 aliphatic carbocycles. The number of nitrogens with zero attached hydrogens (tertiary/aromatic N) is 5. The van der Waals surface area contributed by atoms with E-state index >= 15 is 0 Å². The maximum Gasteiger partial charge on any atom is 0.303 e. The van der Waals surface area contributed by atoms with Gasteiger partial charge < -0.3 is 25.3 Å². The van der Waals surface area contributed by atoms with Gasteiger partial charge in [-0.3, -0.25) is 4.79 Å². The van der Waals surface area contributed by atoms with E-state index in [1.54, 1.807) is 20.0 Å². The number of imidazole rings is 1. The summed E-state index contributed by atoms with van der Waals surface area (Å²) in [6, 6.07) is 0. The molecule has 11 heteroatoms. The molecule has 0 amide bonds. The zero-order valence-corrected chi connectivity index (χ0v) is 19.7. The third kappa shape index (κ3) is 6.23. The molecule has 0 spiro atoms. The quantitative estimate of drug-likeness (QED) is 0.280. The molecule has 0 fully saturated rings. The number of aliphatic hydroxyl groups is 1. The minimum Gasteiger partial charge on any atom is -0.490 e. The van der Waals surface area contributed by atoms with Gasteiger partial charge in [0.15, 0.2) is 23.1 Å². The van der Waals surface area contributed by atoms with E-state index in [0.717, 1.165) is 25.7 Å². The van der Waals surface area contributed by atoms with Crippen LogP contribution in [0.4, 0.5) is 5.82 Å². The van der Waals surface area contributed by atoms with E-state index < -0.39 is 11.6 Å². The summed E-state index contributed by atoms with van der Waals surface area (Å²) >= 11 is 0. The summed E-state index contributed by atoms with van der Waals surface area (Å²) in [6.45, 7) is 6.16. The summed E-state index contributed by atoms with van der Waals surface area (Å²) < 4.78 is 12.7. The zero-order chi connectivity index (χ0) is 24.7. The van der Waals surface area contributed by atoms with Crippen molar-refractivity contribution in [2.24, 2.45) is 0 Å². The fourth-order valence-electron chi connectivity index (χ4n) is 3.45. The van der Waals surface area contributed by atoms with Crippen LogP contribution in [0.2, 0.25) is 0 Å². The number of carbonyl (C=O) groups is 1. The van der Waals surface area contributed by atoms with Crippen LogP contribution in [0.5, 0.6) is 5.75 Å². The number of hydrogen-bond donors (Lipinski definition) is 3. The lowest BCUT2D eigenvalue weighted by Gasteiger charge is -2.11. The van der Waals surface area contributed by atoms with Crippen molar-refractivity contribution in [2.45, 2.75) is 71.4 Å². The highest BCUT2D eigenvalue weighted by atomic mass is 16.6. The highest BCUT2D eigenvalue weighted by Crippen LogP contribution is 2.33. The van der Waals surface area contributed by atoms with Crippen LogP contribution < -0.4 is 10.5 Å². The first-order valence-electron chi connectivity index (χ1n) is 11.3. The molecule has 0 unspecified atom stereocenters. The molecule has 3 aromatic heterocycles. The smallest absolute Gasteiger partial charge is 0.303 e. The molecule has 11 nitrogen and oxygen atoms in total. The Morgan fingerprint density at radius 3 is 2.62 bits per heavy atom. The van der Waals surface area contributed by atoms with Crippen LogP contribution in [0.3, 0.4) is 0 Å². The van der Waals surface area contributed by atoms with Gasteiger partial charge in [-0.2, -0.15) is 0 Å². The lowest BCUT2D eigenvalue weighted by atomic mass is 10.1. The standard InChI is InChI=1S/C23H30N6O5/c1-4-29-20-16(33-13-9-7-5-6-8-10-17(30)31)14-25-15(11-12-23(2,3)32)18(20)26-22(29)19-21(24)28-34-27-19/h14,32H,4-10,13H2,1-3H3,(H2,24,28)(H,30,31). The Morgan fingerprint density at radius 2 is 1.97 bits per heavy atom. The molecule has 0 radical (unpaired) electrons. The van der Waals surface area contributed by atoms with Gasteiger partial charge in [-0.15, -0.1) is 0 Å². The van der Waals surface area contributed by atoms with Crippen LogP contribution in [0, 0.1) is 11.8 Å². The largest absolute Gasteiger partial charge is 0.490 e. The molecule has 0 saturated carbocycles. The van der Waals surface area contributed by atoms with E-state index in [9.17, 15) is 9.90 Å². The van der Waals surface area contributed by atoms with Gasteiger partial charge >= 0.3 is 5.97 Å². The van der Waals surface area contributed by atoms with Gasteiger partial charge in [-0.25, -0.2) is 14.6 Å². The van der Waals surface area contributed by atoms with Crippen molar-refractivity contribution in [1.82, 2.24) is 24.8 Å². The van der Waals surface area contributed by atoms with Crippen molar-refractivity contribution >= 4 is 22.8 Å². The highest BCUT2D eigenvalue weighted by Gasteiger charge is 2.23. The van der Waals surface area contributed by atoms with Crippen molar-refractivity contribution in [3.05, 3.63) is 11.9 Å². The Labute approximate surface area is 197 Å². The summed E-state index contributed by atoms with van der Waals surface area (Å²) in [5.74, 6) is 6.04. The maximum absolute atomic E-state index is 10.6. The van der Waals surface area contributed by atoms with E-state index in [1.165, 1.54) is 0 Å². The number of nitrogen functional groups attached to an aromatic ring is 1. The van der Waals surface area contributed by atoms with E-state index in [4.69, 9.17) is 20.2 Å². The Kier molecular flexibility index (Phi) is 8.07.